The number of carbonyl (C=O) groups excluding carboxylic acids is 1. The monoisotopic (exact) mass is 381 g/mol. The second kappa shape index (κ2) is 9.43. The van der Waals surface area contributed by atoms with E-state index in [1.807, 2.05) is 30.3 Å². The summed E-state index contributed by atoms with van der Waals surface area (Å²) in [6.45, 7) is 0. The number of hydrogen-bond donors (Lipinski definition) is 1. The molecule has 0 aliphatic heterocycles. The molecule has 140 valence electrons. The van der Waals surface area contributed by atoms with Crippen LogP contribution in [0.3, 0.4) is 0 Å². The highest BCUT2D eigenvalue weighted by molar-refractivity contribution is 7.99. The molecule has 0 unspecified atom stereocenters. The Bertz CT molecular complexity index is 861. The molecule has 1 aromatic heterocycles. The average Bonchev–Trinajstić information content (AvgIpc) is 2.92. The second-order valence-corrected chi connectivity index (χ2v) is 7.55. The van der Waals surface area contributed by atoms with E-state index >= 15 is 0 Å². The molecule has 1 N–H and O–H groups in total. The number of para-hydroxylation sites is 2. The topological polar surface area (TPSA) is 75.0 Å². The first-order valence-corrected chi connectivity index (χ1v) is 10.2. The number of hydrogen-bond acceptors (Lipinski definition) is 5. The molecule has 2 aromatic rings. The summed E-state index contributed by atoms with van der Waals surface area (Å²) in [7, 11) is 1.58. The highest BCUT2D eigenvalue weighted by Crippen LogP contribution is 2.28. The van der Waals surface area contributed by atoms with Crippen molar-refractivity contribution in [1.82, 2.24) is 4.98 Å². The van der Waals surface area contributed by atoms with Gasteiger partial charge in [0.1, 0.15) is 16.8 Å². The minimum atomic E-state index is -0.0831. The maximum absolute atomic E-state index is 12.2. The van der Waals surface area contributed by atoms with Crippen LogP contribution in [0.5, 0.6) is 5.75 Å². The summed E-state index contributed by atoms with van der Waals surface area (Å²) in [5.41, 5.74) is 3.61. The molecular weight excluding hydrogens is 358 g/mol. The Balaban J connectivity index is 1.61. The number of nitriles is 1. The van der Waals surface area contributed by atoms with Crippen LogP contribution in [0, 0.1) is 11.3 Å². The van der Waals surface area contributed by atoms with E-state index in [-0.39, 0.29) is 5.91 Å². The van der Waals surface area contributed by atoms with E-state index < -0.39 is 0 Å². The van der Waals surface area contributed by atoms with Gasteiger partial charge in [-0.2, -0.15) is 5.26 Å². The summed E-state index contributed by atoms with van der Waals surface area (Å²) in [6, 6.07) is 11.6. The molecule has 1 aliphatic rings. The second-order valence-electron chi connectivity index (χ2n) is 6.47. The van der Waals surface area contributed by atoms with Gasteiger partial charge < -0.3 is 10.1 Å². The van der Waals surface area contributed by atoms with E-state index in [1.165, 1.54) is 23.7 Å². The van der Waals surface area contributed by atoms with Crippen molar-refractivity contribution in [3.63, 3.8) is 0 Å². The Hall–Kier alpha value is -2.52. The van der Waals surface area contributed by atoms with Crippen LogP contribution in [0.25, 0.3) is 0 Å². The maximum atomic E-state index is 12.2. The first-order chi connectivity index (χ1) is 13.2. The summed E-state index contributed by atoms with van der Waals surface area (Å²) in [5.74, 6) is 1.12. The summed E-state index contributed by atoms with van der Waals surface area (Å²) in [5, 5.41) is 13.1. The number of rotatable bonds is 6. The molecule has 0 saturated carbocycles. The lowest BCUT2D eigenvalue weighted by molar-refractivity contribution is -0.115. The molecule has 27 heavy (non-hydrogen) atoms. The molecule has 0 radical (unpaired) electrons. The minimum absolute atomic E-state index is 0.0831. The van der Waals surface area contributed by atoms with E-state index in [9.17, 15) is 10.1 Å². The molecule has 6 heteroatoms. The minimum Gasteiger partial charge on any atom is -0.495 e. The van der Waals surface area contributed by atoms with Crippen LogP contribution in [0.4, 0.5) is 5.69 Å². The normalized spacial score (nSPS) is 13.2. The zero-order chi connectivity index (χ0) is 19.1. The van der Waals surface area contributed by atoms with Crippen molar-refractivity contribution in [2.24, 2.45) is 0 Å². The van der Waals surface area contributed by atoms with E-state index in [0.717, 1.165) is 36.4 Å². The molecule has 0 spiro atoms. The maximum Gasteiger partial charge on any atom is 0.225 e. The number of aromatic nitrogens is 1. The quantitative estimate of drug-likeness (QED) is 0.595. The van der Waals surface area contributed by atoms with Gasteiger partial charge in [0.25, 0.3) is 0 Å². The van der Waals surface area contributed by atoms with Crippen LogP contribution in [-0.4, -0.2) is 23.8 Å². The highest BCUT2D eigenvalue weighted by atomic mass is 32.2. The number of fused-ring (bicyclic) bond motifs is 1. The number of methoxy groups -OCH3 is 1. The van der Waals surface area contributed by atoms with Crippen molar-refractivity contribution in [2.75, 3.05) is 18.2 Å². The molecule has 1 aliphatic carbocycles. The summed E-state index contributed by atoms with van der Waals surface area (Å²) in [4.78, 5) is 17.0. The summed E-state index contributed by atoms with van der Waals surface area (Å²) < 4.78 is 5.25. The summed E-state index contributed by atoms with van der Waals surface area (Å²) >= 11 is 1.47. The van der Waals surface area contributed by atoms with Crippen molar-refractivity contribution in [3.8, 4) is 11.8 Å². The van der Waals surface area contributed by atoms with Crippen LogP contribution in [-0.2, 0) is 17.6 Å². The molecule has 1 aromatic carbocycles. The third-order valence-electron chi connectivity index (χ3n) is 4.59. The van der Waals surface area contributed by atoms with Crippen LogP contribution in [0.2, 0.25) is 0 Å². The predicted molar refractivity (Wildman–Crippen MR) is 107 cm³/mol. The van der Waals surface area contributed by atoms with Crippen LogP contribution < -0.4 is 10.1 Å². The number of nitrogens with one attached hydrogen (secondary N) is 1. The third kappa shape index (κ3) is 5.01. The van der Waals surface area contributed by atoms with Crippen molar-refractivity contribution < 1.29 is 9.53 Å². The fourth-order valence-electron chi connectivity index (χ4n) is 3.18. The van der Waals surface area contributed by atoms with E-state index in [0.29, 0.717) is 29.2 Å². The number of benzene rings is 1. The molecule has 1 heterocycles. The molecule has 5 nitrogen and oxygen atoms in total. The number of nitrogens with zero attached hydrogens (tertiary/aromatic N) is 2. The molecule has 1 amide bonds. The molecular formula is C21H23N3O2S. The SMILES string of the molecule is COc1ccccc1NC(=O)CCSc1nc2c(cc1C#N)CCCCC2. The summed E-state index contributed by atoms with van der Waals surface area (Å²) in [6.07, 6.45) is 5.84. The van der Waals surface area contributed by atoms with E-state index in [1.54, 1.807) is 7.11 Å². The lowest BCUT2D eigenvalue weighted by Crippen LogP contribution is -2.13. The van der Waals surface area contributed by atoms with Gasteiger partial charge in [-0.05, 0) is 49.4 Å². The molecule has 0 bridgehead atoms. The zero-order valence-corrected chi connectivity index (χ0v) is 16.3. The van der Waals surface area contributed by atoms with E-state index in [4.69, 9.17) is 9.72 Å². The lowest BCUT2D eigenvalue weighted by atomic mass is 10.1. The first-order valence-electron chi connectivity index (χ1n) is 9.20. The number of ether oxygens (including phenoxy) is 1. The number of anilines is 1. The van der Waals surface area contributed by atoms with Crippen molar-refractivity contribution in [3.05, 3.63) is 47.2 Å². The lowest BCUT2D eigenvalue weighted by Gasteiger charge is -2.11. The molecule has 3 rings (SSSR count). The van der Waals surface area contributed by atoms with Crippen molar-refractivity contribution in [2.45, 2.75) is 43.6 Å². The number of amides is 1. The van der Waals surface area contributed by atoms with Gasteiger partial charge >= 0.3 is 0 Å². The highest BCUT2D eigenvalue weighted by Gasteiger charge is 2.15. The standard InChI is InChI=1S/C21H23N3O2S/c1-26-19-10-6-5-9-18(19)23-20(25)11-12-27-21-16(14-22)13-15-7-3-2-4-8-17(15)24-21/h5-6,9-10,13H,2-4,7-8,11-12H2,1H3,(H,23,25). The van der Waals surface area contributed by atoms with Gasteiger partial charge in [-0.3, -0.25) is 4.79 Å². The molecule has 0 fully saturated rings. The molecule has 0 saturated heterocycles. The third-order valence-corrected chi connectivity index (χ3v) is 5.58. The number of pyridine rings is 1. The van der Waals surface area contributed by atoms with E-state index in [2.05, 4.69) is 11.4 Å². The zero-order valence-electron chi connectivity index (χ0n) is 15.5. The number of aryl methyl sites for hydroxylation is 2. The van der Waals surface area contributed by atoms with Gasteiger partial charge in [0.05, 0.1) is 18.4 Å². The van der Waals surface area contributed by atoms with Gasteiger partial charge in [-0.15, -0.1) is 11.8 Å². The van der Waals surface area contributed by atoms with Crippen LogP contribution in [0.15, 0.2) is 35.4 Å². The average molecular weight is 382 g/mol. The Kier molecular flexibility index (Phi) is 6.72. The van der Waals surface area contributed by atoms with Crippen LogP contribution >= 0.6 is 11.8 Å². The van der Waals surface area contributed by atoms with Gasteiger partial charge in [0.2, 0.25) is 5.91 Å². The number of thioether (sulfide) groups is 1. The molecule has 0 atom stereocenters. The van der Waals surface area contributed by atoms with Crippen molar-refractivity contribution in [1.29, 1.82) is 5.26 Å². The predicted octanol–water partition coefficient (Wildman–Crippen LogP) is 4.35. The Labute approximate surface area is 164 Å². The Morgan fingerprint density at radius 1 is 1.30 bits per heavy atom. The Morgan fingerprint density at radius 3 is 2.93 bits per heavy atom. The van der Waals surface area contributed by atoms with Crippen molar-refractivity contribution >= 4 is 23.4 Å². The number of carbonyl (C=O) groups is 1. The Morgan fingerprint density at radius 2 is 2.11 bits per heavy atom. The van der Waals surface area contributed by atoms with Crippen LogP contribution in [0.1, 0.15) is 42.5 Å². The van der Waals surface area contributed by atoms with Gasteiger partial charge in [0.15, 0.2) is 0 Å². The fraction of sp³-hybridized carbons (Fsp3) is 0.381. The smallest absolute Gasteiger partial charge is 0.225 e. The fourth-order valence-corrected chi connectivity index (χ4v) is 4.10. The largest absolute Gasteiger partial charge is 0.495 e. The first kappa shape index (κ1) is 19.2. The van der Waals surface area contributed by atoms with Gasteiger partial charge in [0, 0.05) is 17.9 Å². The van der Waals surface area contributed by atoms with Gasteiger partial charge in [-0.1, -0.05) is 18.6 Å². The van der Waals surface area contributed by atoms with Gasteiger partial charge in [-0.25, -0.2) is 4.98 Å².